The van der Waals surface area contributed by atoms with Crippen LogP contribution in [0.1, 0.15) is 63.5 Å². The number of ether oxygens (including phenoxy) is 1. The molecule has 0 aliphatic carbocycles. The van der Waals surface area contributed by atoms with Crippen LogP contribution in [0.4, 0.5) is 0 Å². The maximum atomic E-state index is 6.11. The Bertz CT molecular complexity index is 613. The van der Waals surface area contributed by atoms with Gasteiger partial charge in [0.2, 0.25) is 0 Å². The second-order valence-corrected chi connectivity index (χ2v) is 7.52. The lowest BCUT2D eigenvalue weighted by molar-refractivity contribution is 0.480. The van der Waals surface area contributed by atoms with E-state index >= 15 is 0 Å². The van der Waals surface area contributed by atoms with Gasteiger partial charge in [0.25, 0.3) is 0 Å². The Morgan fingerprint density at radius 3 is 1.59 bits per heavy atom. The molecule has 3 nitrogen and oxygen atoms in total. The van der Waals surface area contributed by atoms with Gasteiger partial charge in [-0.05, 0) is 86.8 Å². The molecule has 0 saturated carbocycles. The maximum Gasteiger partial charge on any atom is 0.127 e. The number of benzene rings is 2. The molecule has 0 fully saturated rings. The van der Waals surface area contributed by atoms with Crippen molar-refractivity contribution in [2.75, 3.05) is 0 Å². The summed E-state index contributed by atoms with van der Waals surface area (Å²) >= 11 is 0. The summed E-state index contributed by atoms with van der Waals surface area (Å²) in [5.74, 6) is 1.80. The van der Waals surface area contributed by atoms with Crippen LogP contribution in [-0.4, -0.2) is 12.1 Å². The van der Waals surface area contributed by atoms with E-state index in [1.165, 1.54) is 11.1 Å². The highest BCUT2D eigenvalue weighted by Crippen LogP contribution is 2.24. The van der Waals surface area contributed by atoms with E-state index < -0.39 is 0 Å². The van der Waals surface area contributed by atoms with Crippen molar-refractivity contribution in [3.05, 3.63) is 59.7 Å². The summed E-state index contributed by atoms with van der Waals surface area (Å²) in [6.45, 7) is 4.29. The first-order valence-electron chi connectivity index (χ1n) is 10.5. The van der Waals surface area contributed by atoms with E-state index in [4.69, 9.17) is 16.2 Å². The third-order valence-electron chi connectivity index (χ3n) is 5.16. The van der Waals surface area contributed by atoms with Crippen LogP contribution in [0.25, 0.3) is 0 Å². The monoisotopic (exact) mass is 368 g/mol. The van der Waals surface area contributed by atoms with Crippen molar-refractivity contribution >= 4 is 0 Å². The van der Waals surface area contributed by atoms with Crippen LogP contribution in [0.3, 0.4) is 0 Å². The van der Waals surface area contributed by atoms with Crippen LogP contribution >= 0.6 is 0 Å². The molecule has 27 heavy (non-hydrogen) atoms. The Kier molecular flexibility index (Phi) is 9.37. The minimum atomic E-state index is 0.319. The molecule has 0 amide bonds. The molecule has 148 valence electrons. The molecular weight excluding hydrogens is 332 g/mol. The van der Waals surface area contributed by atoms with Crippen molar-refractivity contribution < 1.29 is 4.74 Å². The van der Waals surface area contributed by atoms with Crippen molar-refractivity contribution in [1.82, 2.24) is 0 Å². The molecule has 2 unspecified atom stereocenters. The molecular formula is C24H36N2O. The normalized spacial score (nSPS) is 13.3. The largest absolute Gasteiger partial charge is 0.457 e. The van der Waals surface area contributed by atoms with E-state index in [-0.39, 0.29) is 0 Å². The molecule has 0 radical (unpaired) electrons. The van der Waals surface area contributed by atoms with Crippen LogP contribution in [0.15, 0.2) is 48.5 Å². The third-order valence-corrected chi connectivity index (χ3v) is 5.16. The van der Waals surface area contributed by atoms with Crippen molar-refractivity contribution in [2.24, 2.45) is 11.5 Å². The van der Waals surface area contributed by atoms with Crippen LogP contribution in [0, 0.1) is 0 Å². The molecule has 0 aliphatic rings. The summed E-state index contributed by atoms with van der Waals surface area (Å²) in [7, 11) is 0. The number of aryl methyl sites for hydroxylation is 2. The van der Waals surface area contributed by atoms with Crippen molar-refractivity contribution in [1.29, 1.82) is 0 Å². The standard InChI is InChI=1S/C24H36N2O/c1-3-21(25)13-5-9-19-11-7-15-23(17-19)27-24-16-8-12-20(18-24)10-6-14-22(26)4-2/h7-8,11-12,15-18,21-22H,3-6,9-10,13-14,25-26H2,1-2H3. The SMILES string of the molecule is CCC(N)CCCc1cccc(Oc2cccc(CCCC(N)CC)c2)c1. The van der Waals surface area contributed by atoms with Gasteiger partial charge in [-0.3, -0.25) is 0 Å². The average molecular weight is 369 g/mol. The molecule has 2 aromatic rings. The lowest BCUT2D eigenvalue weighted by atomic mass is 10.0. The van der Waals surface area contributed by atoms with Crippen LogP contribution in [0.2, 0.25) is 0 Å². The minimum Gasteiger partial charge on any atom is -0.457 e. The molecule has 0 heterocycles. The van der Waals surface area contributed by atoms with E-state index in [1.54, 1.807) is 0 Å². The first-order chi connectivity index (χ1) is 13.1. The second kappa shape index (κ2) is 11.8. The molecule has 2 aromatic carbocycles. The van der Waals surface area contributed by atoms with Gasteiger partial charge in [-0.25, -0.2) is 0 Å². The lowest BCUT2D eigenvalue weighted by Crippen LogP contribution is -2.18. The molecule has 2 atom stereocenters. The summed E-state index contributed by atoms with van der Waals surface area (Å²) in [5, 5.41) is 0. The van der Waals surface area contributed by atoms with E-state index in [1.807, 2.05) is 12.1 Å². The molecule has 0 bridgehead atoms. The quantitative estimate of drug-likeness (QED) is 0.513. The van der Waals surface area contributed by atoms with Crippen molar-refractivity contribution in [3.8, 4) is 11.5 Å². The van der Waals surface area contributed by atoms with E-state index in [2.05, 4.69) is 50.2 Å². The number of rotatable bonds is 12. The minimum absolute atomic E-state index is 0.319. The molecule has 0 saturated heterocycles. The predicted octanol–water partition coefficient (Wildman–Crippen LogP) is 5.60. The van der Waals surface area contributed by atoms with Gasteiger partial charge in [-0.2, -0.15) is 0 Å². The molecule has 0 spiro atoms. The Hall–Kier alpha value is -1.84. The molecule has 2 rings (SSSR count). The highest BCUT2D eigenvalue weighted by atomic mass is 16.5. The first-order valence-corrected chi connectivity index (χ1v) is 10.5. The van der Waals surface area contributed by atoms with Gasteiger partial charge in [0.05, 0.1) is 0 Å². The van der Waals surface area contributed by atoms with Crippen LogP contribution < -0.4 is 16.2 Å². The van der Waals surface area contributed by atoms with Crippen LogP contribution in [-0.2, 0) is 12.8 Å². The van der Waals surface area contributed by atoms with Crippen molar-refractivity contribution in [2.45, 2.75) is 77.3 Å². The Morgan fingerprint density at radius 1 is 0.741 bits per heavy atom. The van der Waals surface area contributed by atoms with Gasteiger partial charge in [0.15, 0.2) is 0 Å². The zero-order valence-corrected chi connectivity index (χ0v) is 17.0. The topological polar surface area (TPSA) is 61.3 Å². The third kappa shape index (κ3) is 8.15. The zero-order chi connectivity index (χ0) is 19.5. The first kappa shape index (κ1) is 21.5. The highest BCUT2D eigenvalue weighted by molar-refractivity contribution is 5.36. The van der Waals surface area contributed by atoms with E-state index in [0.29, 0.717) is 12.1 Å². The fourth-order valence-electron chi connectivity index (χ4n) is 3.21. The van der Waals surface area contributed by atoms with Crippen molar-refractivity contribution in [3.63, 3.8) is 0 Å². The van der Waals surface area contributed by atoms with Crippen LogP contribution in [0.5, 0.6) is 11.5 Å². The average Bonchev–Trinajstić information content (AvgIpc) is 2.68. The molecule has 4 N–H and O–H groups in total. The summed E-state index contributed by atoms with van der Waals surface area (Å²) in [6.07, 6.45) is 8.57. The number of hydrogen-bond acceptors (Lipinski definition) is 3. The van der Waals surface area contributed by atoms with Gasteiger partial charge in [-0.1, -0.05) is 38.1 Å². The maximum absolute atomic E-state index is 6.11. The summed E-state index contributed by atoms with van der Waals surface area (Å²) in [6, 6.07) is 17.4. The van der Waals surface area contributed by atoms with Gasteiger partial charge < -0.3 is 16.2 Å². The molecule has 0 aromatic heterocycles. The Balaban J connectivity index is 1.89. The van der Waals surface area contributed by atoms with Gasteiger partial charge >= 0.3 is 0 Å². The molecule has 0 aliphatic heterocycles. The van der Waals surface area contributed by atoms with Gasteiger partial charge in [0, 0.05) is 12.1 Å². The highest BCUT2D eigenvalue weighted by Gasteiger charge is 2.04. The van der Waals surface area contributed by atoms with Gasteiger partial charge in [0.1, 0.15) is 11.5 Å². The second-order valence-electron chi connectivity index (χ2n) is 7.52. The fraction of sp³-hybridized carbons (Fsp3) is 0.500. The van der Waals surface area contributed by atoms with E-state index in [9.17, 15) is 0 Å². The Labute approximate surface area is 165 Å². The zero-order valence-electron chi connectivity index (χ0n) is 17.0. The summed E-state index contributed by atoms with van der Waals surface area (Å²) in [4.78, 5) is 0. The van der Waals surface area contributed by atoms with Gasteiger partial charge in [-0.15, -0.1) is 0 Å². The number of nitrogens with two attached hydrogens (primary N) is 2. The smallest absolute Gasteiger partial charge is 0.127 e. The van der Waals surface area contributed by atoms with E-state index in [0.717, 1.165) is 62.9 Å². The predicted molar refractivity (Wildman–Crippen MR) is 115 cm³/mol. The number of hydrogen-bond donors (Lipinski definition) is 2. The Morgan fingerprint density at radius 2 is 1.19 bits per heavy atom. The summed E-state index contributed by atoms with van der Waals surface area (Å²) < 4.78 is 6.11. The lowest BCUT2D eigenvalue weighted by Gasteiger charge is -2.11. The molecule has 3 heteroatoms. The fourth-order valence-corrected chi connectivity index (χ4v) is 3.21. The summed E-state index contributed by atoms with van der Waals surface area (Å²) in [5.41, 5.74) is 14.6.